The Hall–Kier alpha value is -2.04. The summed E-state index contributed by atoms with van der Waals surface area (Å²) in [5, 5.41) is 16.7. The summed E-state index contributed by atoms with van der Waals surface area (Å²) < 4.78 is 1.73. The van der Waals surface area contributed by atoms with Crippen molar-refractivity contribution in [2.24, 2.45) is 7.05 Å². The number of amides is 1. The molecule has 1 aromatic heterocycles. The highest BCUT2D eigenvalue weighted by atomic mass is 16.3. The highest BCUT2D eigenvalue weighted by Crippen LogP contribution is 2.31. The molecule has 1 unspecified atom stereocenters. The topological polar surface area (TPSA) is 67.2 Å². The molecule has 1 aliphatic rings. The Balaban J connectivity index is 2.22. The Bertz CT molecular complexity index is 500. The zero-order chi connectivity index (χ0) is 12.4. The van der Waals surface area contributed by atoms with Crippen LogP contribution in [0.4, 0.5) is 0 Å². The van der Waals surface area contributed by atoms with Crippen LogP contribution in [0, 0.1) is 0 Å². The van der Waals surface area contributed by atoms with Gasteiger partial charge in [-0.1, -0.05) is 0 Å². The van der Waals surface area contributed by atoms with Gasteiger partial charge in [-0.25, -0.2) is 0 Å². The van der Waals surface area contributed by atoms with Gasteiger partial charge < -0.3 is 10.4 Å². The van der Waals surface area contributed by atoms with Crippen LogP contribution in [-0.2, 0) is 11.8 Å². The fourth-order valence-electron chi connectivity index (χ4n) is 2.00. The normalized spacial score (nSPS) is 19.5. The fourth-order valence-corrected chi connectivity index (χ4v) is 2.00. The highest BCUT2D eigenvalue weighted by Gasteiger charge is 2.23. The molecule has 17 heavy (non-hydrogen) atoms. The van der Waals surface area contributed by atoms with E-state index in [2.05, 4.69) is 10.4 Å². The Labute approximate surface area is 99.4 Å². The zero-order valence-corrected chi connectivity index (χ0v) is 9.84. The van der Waals surface area contributed by atoms with Gasteiger partial charge in [0.2, 0.25) is 5.91 Å². The molecular formula is C12H15N3O2. The van der Waals surface area contributed by atoms with Crippen LogP contribution >= 0.6 is 0 Å². The minimum absolute atomic E-state index is 0.102. The summed E-state index contributed by atoms with van der Waals surface area (Å²) in [4.78, 5) is 11.0. The van der Waals surface area contributed by atoms with Crippen molar-refractivity contribution in [3.63, 3.8) is 0 Å². The number of allylic oxidation sites excluding steroid dienone is 4. The molecule has 0 bridgehead atoms. The highest BCUT2D eigenvalue weighted by molar-refractivity contribution is 5.75. The molecule has 0 radical (unpaired) electrons. The van der Waals surface area contributed by atoms with Crippen LogP contribution in [0.25, 0.3) is 0 Å². The first-order chi connectivity index (χ1) is 8.08. The number of hydrogen-bond acceptors (Lipinski definition) is 3. The second-order valence-electron chi connectivity index (χ2n) is 4.10. The Morgan fingerprint density at radius 3 is 2.94 bits per heavy atom. The van der Waals surface area contributed by atoms with Crippen LogP contribution in [0.1, 0.15) is 25.0 Å². The molecule has 0 spiro atoms. The van der Waals surface area contributed by atoms with Crippen molar-refractivity contribution in [3.05, 3.63) is 41.6 Å². The van der Waals surface area contributed by atoms with E-state index in [-0.39, 0.29) is 11.8 Å². The minimum Gasteiger partial charge on any atom is -0.512 e. The third-order valence-electron chi connectivity index (χ3n) is 2.79. The fraction of sp³-hybridized carbons (Fsp3) is 0.333. The van der Waals surface area contributed by atoms with Crippen molar-refractivity contribution < 1.29 is 9.90 Å². The van der Waals surface area contributed by atoms with Crippen molar-refractivity contribution in [2.75, 3.05) is 0 Å². The van der Waals surface area contributed by atoms with Gasteiger partial charge in [0, 0.05) is 38.0 Å². The van der Waals surface area contributed by atoms with E-state index in [0.717, 1.165) is 11.4 Å². The Morgan fingerprint density at radius 2 is 2.35 bits per heavy atom. The van der Waals surface area contributed by atoms with Gasteiger partial charge in [-0.3, -0.25) is 9.48 Å². The van der Waals surface area contributed by atoms with Gasteiger partial charge in [0.1, 0.15) is 5.76 Å². The molecule has 5 heteroatoms. The molecule has 2 N–H and O–H groups in total. The molecule has 0 aliphatic heterocycles. The van der Waals surface area contributed by atoms with Crippen molar-refractivity contribution in [2.45, 2.75) is 19.3 Å². The number of hydrogen-bond donors (Lipinski definition) is 2. The largest absolute Gasteiger partial charge is 0.512 e. The summed E-state index contributed by atoms with van der Waals surface area (Å²) in [6.07, 6.45) is 5.61. The van der Waals surface area contributed by atoms with Crippen molar-refractivity contribution in [3.8, 4) is 0 Å². The average Bonchev–Trinajstić information content (AvgIpc) is 2.67. The minimum atomic E-state index is -0.144. The van der Waals surface area contributed by atoms with Crippen LogP contribution in [0.15, 0.2) is 35.9 Å². The molecule has 1 heterocycles. The summed E-state index contributed by atoms with van der Waals surface area (Å²) in [6.45, 7) is 1.47. The van der Waals surface area contributed by atoms with Crippen molar-refractivity contribution in [1.82, 2.24) is 15.1 Å². The van der Waals surface area contributed by atoms with E-state index in [1.54, 1.807) is 23.0 Å². The maximum atomic E-state index is 11.0. The van der Waals surface area contributed by atoms with Gasteiger partial charge >= 0.3 is 0 Å². The van der Waals surface area contributed by atoms with E-state index in [4.69, 9.17) is 0 Å². The first kappa shape index (κ1) is 11.4. The molecule has 1 amide bonds. The van der Waals surface area contributed by atoms with Gasteiger partial charge in [-0.05, 0) is 18.2 Å². The predicted octanol–water partition coefficient (Wildman–Crippen LogP) is 1.37. The van der Waals surface area contributed by atoms with E-state index in [1.165, 1.54) is 6.92 Å². The van der Waals surface area contributed by atoms with Crippen LogP contribution in [0.5, 0.6) is 0 Å². The second-order valence-corrected chi connectivity index (χ2v) is 4.10. The number of aliphatic hydroxyl groups excluding tert-OH is 1. The summed E-state index contributed by atoms with van der Waals surface area (Å²) in [6, 6.07) is 1.87. The molecule has 1 aromatic rings. The summed E-state index contributed by atoms with van der Waals surface area (Å²) in [7, 11) is 1.83. The van der Waals surface area contributed by atoms with Crippen LogP contribution in [0.2, 0.25) is 0 Å². The molecule has 90 valence electrons. The number of rotatable bonds is 2. The lowest BCUT2D eigenvalue weighted by molar-refractivity contribution is -0.118. The Morgan fingerprint density at radius 1 is 1.59 bits per heavy atom. The molecule has 0 fully saturated rings. The first-order valence-electron chi connectivity index (χ1n) is 5.43. The molecule has 1 atom stereocenters. The molecule has 1 aliphatic carbocycles. The van der Waals surface area contributed by atoms with E-state index in [9.17, 15) is 9.90 Å². The van der Waals surface area contributed by atoms with Gasteiger partial charge in [-0.2, -0.15) is 5.10 Å². The van der Waals surface area contributed by atoms with Crippen molar-refractivity contribution in [1.29, 1.82) is 0 Å². The number of aryl methyl sites for hydroxylation is 1. The smallest absolute Gasteiger partial charge is 0.220 e. The molecule has 0 saturated carbocycles. The van der Waals surface area contributed by atoms with Gasteiger partial charge in [0.25, 0.3) is 0 Å². The van der Waals surface area contributed by atoms with Crippen LogP contribution in [0.3, 0.4) is 0 Å². The average molecular weight is 233 g/mol. The standard InChI is InChI=1S/C12H15N3O2/c1-8(16)14-9-3-4-12(17)10(7-9)11-5-6-13-15(11)2/h3-6,10,17H,7H2,1-2H3,(H,14,16). The first-order valence-corrected chi connectivity index (χ1v) is 5.43. The van der Waals surface area contributed by atoms with E-state index in [0.29, 0.717) is 12.2 Å². The molecule has 0 saturated heterocycles. The van der Waals surface area contributed by atoms with E-state index in [1.807, 2.05) is 13.1 Å². The molecular weight excluding hydrogens is 218 g/mol. The number of carbonyl (C=O) groups excluding carboxylic acids is 1. The molecule has 0 aromatic carbocycles. The lowest BCUT2D eigenvalue weighted by Crippen LogP contribution is -2.23. The van der Waals surface area contributed by atoms with Crippen molar-refractivity contribution >= 4 is 5.91 Å². The Kier molecular flexibility index (Phi) is 2.99. The van der Waals surface area contributed by atoms with E-state index >= 15 is 0 Å². The van der Waals surface area contributed by atoms with Crippen LogP contribution < -0.4 is 5.32 Å². The van der Waals surface area contributed by atoms with E-state index < -0.39 is 0 Å². The third kappa shape index (κ3) is 2.38. The SMILES string of the molecule is CC(=O)NC1=CC=C(O)C(c2ccnn2C)C1. The number of nitrogens with zero attached hydrogens (tertiary/aromatic N) is 2. The summed E-state index contributed by atoms with van der Waals surface area (Å²) in [5.41, 5.74) is 1.73. The van der Waals surface area contributed by atoms with Gasteiger partial charge in [0.15, 0.2) is 0 Å². The molecule has 2 rings (SSSR count). The maximum Gasteiger partial charge on any atom is 0.220 e. The summed E-state index contributed by atoms with van der Waals surface area (Å²) >= 11 is 0. The predicted molar refractivity (Wildman–Crippen MR) is 63.2 cm³/mol. The third-order valence-corrected chi connectivity index (χ3v) is 2.79. The monoisotopic (exact) mass is 233 g/mol. The molecule has 5 nitrogen and oxygen atoms in total. The van der Waals surface area contributed by atoms with Crippen LogP contribution in [-0.4, -0.2) is 20.8 Å². The van der Waals surface area contributed by atoms with Gasteiger partial charge in [0.05, 0.1) is 5.92 Å². The zero-order valence-electron chi connectivity index (χ0n) is 9.84. The number of aromatic nitrogens is 2. The number of nitrogens with one attached hydrogen (secondary N) is 1. The van der Waals surface area contributed by atoms with Gasteiger partial charge in [-0.15, -0.1) is 0 Å². The lowest BCUT2D eigenvalue weighted by Gasteiger charge is -2.21. The second kappa shape index (κ2) is 4.45. The quantitative estimate of drug-likeness (QED) is 0.810. The lowest BCUT2D eigenvalue weighted by atomic mass is 9.93. The summed E-state index contributed by atoms with van der Waals surface area (Å²) in [5.74, 6) is 0.0480. The maximum absolute atomic E-state index is 11.0. The number of carbonyl (C=O) groups is 1. The number of aliphatic hydroxyl groups is 1.